The van der Waals surface area contributed by atoms with E-state index in [1.165, 1.54) is 0 Å². The first-order valence-electron chi connectivity index (χ1n) is 7.11. The Kier molecular flexibility index (Phi) is 3.88. The molecule has 1 heterocycles. The van der Waals surface area contributed by atoms with Crippen molar-refractivity contribution >= 4 is 0 Å². The molecule has 2 nitrogen and oxygen atoms in total. The highest BCUT2D eigenvalue weighted by Gasteiger charge is 2.33. The molecule has 21 heavy (non-hydrogen) atoms. The molecule has 0 aromatic heterocycles. The molecule has 2 aromatic rings. The van der Waals surface area contributed by atoms with E-state index in [4.69, 9.17) is 4.74 Å². The van der Waals surface area contributed by atoms with Gasteiger partial charge in [-0.2, -0.15) is 0 Å². The van der Waals surface area contributed by atoms with E-state index in [1.807, 2.05) is 31.2 Å². The van der Waals surface area contributed by atoms with E-state index >= 15 is 0 Å². The zero-order valence-electron chi connectivity index (χ0n) is 11.8. The second-order valence-corrected chi connectivity index (χ2v) is 5.13. The molecule has 0 aliphatic carbocycles. The Bertz CT molecular complexity index is 644. The highest BCUT2D eigenvalue weighted by molar-refractivity contribution is 5.42. The molecule has 0 saturated heterocycles. The lowest BCUT2D eigenvalue weighted by atomic mass is 9.88. The Balaban J connectivity index is 2.02. The molecular formula is C17H17F2NO. The van der Waals surface area contributed by atoms with Crippen molar-refractivity contribution in [1.29, 1.82) is 0 Å². The summed E-state index contributed by atoms with van der Waals surface area (Å²) in [5, 5.41) is 3.26. The van der Waals surface area contributed by atoms with Gasteiger partial charge in [0.25, 0.3) is 0 Å². The van der Waals surface area contributed by atoms with Gasteiger partial charge in [0, 0.05) is 23.1 Å². The van der Waals surface area contributed by atoms with Crippen molar-refractivity contribution in [3.8, 4) is 5.75 Å². The summed E-state index contributed by atoms with van der Waals surface area (Å²) < 4.78 is 33.4. The van der Waals surface area contributed by atoms with E-state index in [1.54, 1.807) is 12.1 Å². The molecule has 2 atom stereocenters. The Morgan fingerprint density at radius 3 is 2.81 bits per heavy atom. The third-order valence-electron chi connectivity index (χ3n) is 3.88. The third-order valence-corrected chi connectivity index (χ3v) is 3.88. The standard InChI is InChI=1S/C17H17F2NO/c1-2-20-17(12-7-5-8-14(18)16(12)19)13-10-21-15-9-4-3-6-11(13)15/h3-9,13,17,20H,2,10H2,1H3. The molecule has 0 bridgehead atoms. The summed E-state index contributed by atoms with van der Waals surface area (Å²) in [6.45, 7) is 3.08. The van der Waals surface area contributed by atoms with E-state index in [0.717, 1.165) is 17.4 Å². The first kappa shape index (κ1) is 14.0. The van der Waals surface area contributed by atoms with Crippen LogP contribution < -0.4 is 10.1 Å². The fraction of sp³-hybridized carbons (Fsp3) is 0.294. The smallest absolute Gasteiger partial charge is 0.163 e. The number of ether oxygens (including phenoxy) is 1. The first-order chi connectivity index (χ1) is 10.2. The van der Waals surface area contributed by atoms with Crippen LogP contribution in [0.1, 0.15) is 30.0 Å². The van der Waals surface area contributed by atoms with Crippen molar-refractivity contribution in [3.63, 3.8) is 0 Å². The van der Waals surface area contributed by atoms with Gasteiger partial charge in [-0.25, -0.2) is 8.78 Å². The highest BCUT2D eigenvalue weighted by atomic mass is 19.2. The maximum atomic E-state index is 14.1. The first-order valence-corrected chi connectivity index (χ1v) is 7.11. The molecular weight excluding hydrogens is 272 g/mol. The van der Waals surface area contributed by atoms with Crippen LogP contribution in [0, 0.1) is 11.6 Å². The molecule has 2 aromatic carbocycles. The monoisotopic (exact) mass is 289 g/mol. The van der Waals surface area contributed by atoms with Crippen LogP contribution >= 0.6 is 0 Å². The number of fused-ring (bicyclic) bond motifs is 1. The molecule has 0 saturated carbocycles. The maximum Gasteiger partial charge on any atom is 0.163 e. The van der Waals surface area contributed by atoms with Gasteiger partial charge in [-0.1, -0.05) is 37.3 Å². The lowest BCUT2D eigenvalue weighted by molar-refractivity contribution is 0.297. The van der Waals surface area contributed by atoms with E-state index in [9.17, 15) is 8.78 Å². The van der Waals surface area contributed by atoms with Crippen LogP contribution in [-0.2, 0) is 0 Å². The van der Waals surface area contributed by atoms with E-state index in [0.29, 0.717) is 18.7 Å². The van der Waals surface area contributed by atoms with Gasteiger partial charge in [0.2, 0.25) is 0 Å². The Morgan fingerprint density at radius 1 is 1.19 bits per heavy atom. The SMILES string of the molecule is CCNC(c1cccc(F)c1F)C1COc2ccccc21. The van der Waals surface area contributed by atoms with Gasteiger partial charge in [0.15, 0.2) is 11.6 Å². The minimum Gasteiger partial charge on any atom is -0.493 e. The summed E-state index contributed by atoms with van der Waals surface area (Å²) in [4.78, 5) is 0. The molecule has 1 aliphatic heterocycles. The normalized spacial score (nSPS) is 18.1. The van der Waals surface area contributed by atoms with Crippen molar-refractivity contribution in [2.75, 3.05) is 13.2 Å². The third kappa shape index (κ3) is 2.51. The van der Waals surface area contributed by atoms with Crippen LogP contribution in [0.25, 0.3) is 0 Å². The Labute approximate surface area is 122 Å². The largest absolute Gasteiger partial charge is 0.493 e. The van der Waals surface area contributed by atoms with Crippen LogP contribution in [0.3, 0.4) is 0 Å². The predicted molar refractivity (Wildman–Crippen MR) is 77.5 cm³/mol. The fourth-order valence-corrected chi connectivity index (χ4v) is 2.91. The van der Waals surface area contributed by atoms with Gasteiger partial charge in [0.1, 0.15) is 5.75 Å². The Morgan fingerprint density at radius 2 is 2.00 bits per heavy atom. The zero-order chi connectivity index (χ0) is 14.8. The minimum atomic E-state index is -0.817. The molecule has 1 aliphatic rings. The average molecular weight is 289 g/mol. The molecule has 0 fully saturated rings. The highest BCUT2D eigenvalue weighted by Crippen LogP contribution is 2.41. The average Bonchev–Trinajstić information content (AvgIpc) is 2.92. The van der Waals surface area contributed by atoms with E-state index < -0.39 is 11.6 Å². The summed E-state index contributed by atoms with van der Waals surface area (Å²) in [5.74, 6) is -0.810. The fourth-order valence-electron chi connectivity index (χ4n) is 2.91. The number of hydrogen-bond acceptors (Lipinski definition) is 2. The lowest BCUT2D eigenvalue weighted by Gasteiger charge is -2.24. The molecule has 0 spiro atoms. The van der Waals surface area contributed by atoms with Gasteiger partial charge >= 0.3 is 0 Å². The quantitative estimate of drug-likeness (QED) is 0.924. The summed E-state index contributed by atoms with van der Waals surface area (Å²) in [6, 6.07) is 11.7. The van der Waals surface area contributed by atoms with Crippen molar-refractivity contribution < 1.29 is 13.5 Å². The molecule has 3 rings (SSSR count). The van der Waals surface area contributed by atoms with Crippen LogP contribution in [0.4, 0.5) is 8.78 Å². The molecule has 0 radical (unpaired) electrons. The maximum absolute atomic E-state index is 14.1. The van der Waals surface area contributed by atoms with E-state index in [-0.39, 0.29) is 12.0 Å². The second kappa shape index (κ2) is 5.82. The van der Waals surface area contributed by atoms with Crippen molar-refractivity contribution in [3.05, 3.63) is 65.2 Å². The van der Waals surface area contributed by atoms with Crippen molar-refractivity contribution in [2.45, 2.75) is 18.9 Å². The molecule has 110 valence electrons. The topological polar surface area (TPSA) is 21.3 Å². The van der Waals surface area contributed by atoms with Crippen LogP contribution in [-0.4, -0.2) is 13.2 Å². The summed E-state index contributed by atoms with van der Waals surface area (Å²) in [5.41, 5.74) is 1.38. The number of hydrogen-bond donors (Lipinski definition) is 1. The number of nitrogens with one attached hydrogen (secondary N) is 1. The summed E-state index contributed by atoms with van der Waals surface area (Å²) in [7, 11) is 0. The van der Waals surface area contributed by atoms with Gasteiger partial charge in [-0.15, -0.1) is 0 Å². The lowest BCUT2D eigenvalue weighted by Crippen LogP contribution is -2.29. The van der Waals surface area contributed by atoms with Crippen LogP contribution in [0.5, 0.6) is 5.75 Å². The second-order valence-electron chi connectivity index (χ2n) is 5.13. The number of rotatable bonds is 4. The summed E-state index contributed by atoms with van der Waals surface area (Å²) in [6.07, 6.45) is 0. The van der Waals surface area contributed by atoms with Crippen LogP contribution in [0.15, 0.2) is 42.5 Å². The van der Waals surface area contributed by atoms with Crippen molar-refractivity contribution in [1.82, 2.24) is 5.32 Å². The molecule has 2 unspecified atom stereocenters. The molecule has 1 N–H and O–H groups in total. The predicted octanol–water partition coefficient (Wildman–Crippen LogP) is 3.79. The number of halogens is 2. The van der Waals surface area contributed by atoms with Gasteiger partial charge in [0.05, 0.1) is 6.61 Å². The molecule has 4 heteroatoms. The van der Waals surface area contributed by atoms with Gasteiger partial charge in [-0.05, 0) is 18.7 Å². The number of benzene rings is 2. The van der Waals surface area contributed by atoms with Gasteiger partial charge in [-0.3, -0.25) is 0 Å². The minimum absolute atomic E-state index is 0.0301. The zero-order valence-corrected chi connectivity index (χ0v) is 11.8. The van der Waals surface area contributed by atoms with Gasteiger partial charge < -0.3 is 10.1 Å². The van der Waals surface area contributed by atoms with E-state index in [2.05, 4.69) is 5.32 Å². The summed E-state index contributed by atoms with van der Waals surface area (Å²) >= 11 is 0. The number of likely N-dealkylation sites (N-methyl/N-ethyl adjacent to an activating group) is 1. The number of para-hydroxylation sites is 1. The Hall–Kier alpha value is -1.94. The molecule has 0 amide bonds. The van der Waals surface area contributed by atoms with Crippen LogP contribution in [0.2, 0.25) is 0 Å². The van der Waals surface area contributed by atoms with Crippen molar-refractivity contribution in [2.24, 2.45) is 0 Å².